The maximum Gasteiger partial charge on any atom is 0.0991 e. The van der Waals surface area contributed by atoms with E-state index in [1.807, 2.05) is 18.2 Å². The number of hydrogen-bond acceptors (Lipinski definition) is 2. The molecule has 20 heavy (non-hydrogen) atoms. The minimum atomic E-state index is 0.625. The fourth-order valence-corrected chi connectivity index (χ4v) is 3.65. The number of benzene rings is 1. The molecular weight excluding hydrogens is 246 g/mol. The molecule has 3 rings (SSSR count). The molecule has 104 valence electrons. The van der Waals surface area contributed by atoms with E-state index in [1.165, 1.54) is 30.2 Å². The Morgan fingerprint density at radius 3 is 2.95 bits per heavy atom. The molecule has 1 aliphatic carbocycles. The predicted molar refractivity (Wildman–Crippen MR) is 81.6 cm³/mol. The van der Waals surface area contributed by atoms with E-state index >= 15 is 0 Å². The summed E-state index contributed by atoms with van der Waals surface area (Å²) in [7, 11) is 4.30. The van der Waals surface area contributed by atoms with Crippen LogP contribution in [0.15, 0.2) is 24.4 Å². The SMILES string of the molecule is CN(C)C[C@H]1CCC[C@@H]1c1c[nH]c2ccc(C#N)cc12. The van der Waals surface area contributed by atoms with Gasteiger partial charge >= 0.3 is 0 Å². The quantitative estimate of drug-likeness (QED) is 0.925. The van der Waals surface area contributed by atoms with Crippen LogP contribution in [-0.2, 0) is 0 Å². The summed E-state index contributed by atoms with van der Waals surface area (Å²) in [6.07, 6.45) is 6.05. The molecule has 3 nitrogen and oxygen atoms in total. The molecule has 2 atom stereocenters. The van der Waals surface area contributed by atoms with Gasteiger partial charge in [-0.1, -0.05) is 6.42 Å². The normalized spacial score (nSPS) is 22.5. The molecule has 0 unspecified atom stereocenters. The number of aromatic nitrogens is 1. The molecule has 1 heterocycles. The first-order valence-electron chi connectivity index (χ1n) is 7.35. The molecule has 3 heteroatoms. The first kappa shape index (κ1) is 13.2. The van der Waals surface area contributed by atoms with E-state index in [2.05, 4.69) is 36.2 Å². The Labute approximate surface area is 120 Å². The average molecular weight is 267 g/mol. The van der Waals surface area contributed by atoms with E-state index in [4.69, 9.17) is 5.26 Å². The van der Waals surface area contributed by atoms with Gasteiger partial charge in [0, 0.05) is 23.6 Å². The summed E-state index contributed by atoms with van der Waals surface area (Å²) in [5, 5.41) is 10.3. The third-order valence-corrected chi connectivity index (χ3v) is 4.50. The van der Waals surface area contributed by atoms with Gasteiger partial charge in [0.1, 0.15) is 0 Å². The number of hydrogen-bond donors (Lipinski definition) is 1. The lowest BCUT2D eigenvalue weighted by atomic mass is 9.88. The molecule has 1 aromatic heterocycles. The maximum atomic E-state index is 9.09. The molecule has 1 saturated carbocycles. The van der Waals surface area contributed by atoms with Crippen LogP contribution in [-0.4, -0.2) is 30.5 Å². The second kappa shape index (κ2) is 5.30. The summed E-state index contributed by atoms with van der Waals surface area (Å²) in [6.45, 7) is 1.15. The minimum Gasteiger partial charge on any atom is -0.361 e. The van der Waals surface area contributed by atoms with Crippen LogP contribution in [0.5, 0.6) is 0 Å². The van der Waals surface area contributed by atoms with Crippen molar-refractivity contribution in [3.63, 3.8) is 0 Å². The van der Waals surface area contributed by atoms with Crippen LogP contribution < -0.4 is 0 Å². The van der Waals surface area contributed by atoms with Crippen molar-refractivity contribution < 1.29 is 0 Å². The highest BCUT2D eigenvalue weighted by Crippen LogP contribution is 2.42. The fourth-order valence-electron chi connectivity index (χ4n) is 3.65. The van der Waals surface area contributed by atoms with E-state index in [0.29, 0.717) is 5.92 Å². The van der Waals surface area contributed by atoms with Crippen molar-refractivity contribution in [1.82, 2.24) is 9.88 Å². The Bertz CT molecular complexity index is 648. The standard InChI is InChI=1S/C17H21N3/c1-20(2)11-13-4-3-5-14(13)16-10-19-17-7-6-12(9-18)8-15(16)17/h6-8,10,13-14,19H,3-5,11H2,1-2H3/t13-,14+/m1/s1. The van der Waals surface area contributed by atoms with Crippen LogP contribution in [0.25, 0.3) is 10.9 Å². The van der Waals surface area contributed by atoms with Gasteiger partial charge in [0.2, 0.25) is 0 Å². The van der Waals surface area contributed by atoms with Crippen molar-refractivity contribution in [1.29, 1.82) is 5.26 Å². The highest BCUT2D eigenvalue weighted by molar-refractivity contribution is 5.85. The van der Waals surface area contributed by atoms with Gasteiger partial charge in [-0.25, -0.2) is 0 Å². The largest absolute Gasteiger partial charge is 0.361 e. The van der Waals surface area contributed by atoms with Crippen molar-refractivity contribution in [2.75, 3.05) is 20.6 Å². The van der Waals surface area contributed by atoms with Crippen LogP contribution in [0, 0.1) is 17.2 Å². The zero-order valence-electron chi connectivity index (χ0n) is 12.2. The Kier molecular flexibility index (Phi) is 3.50. The van der Waals surface area contributed by atoms with Crippen LogP contribution in [0.2, 0.25) is 0 Å². The number of aromatic amines is 1. The number of nitriles is 1. The second-order valence-corrected chi connectivity index (χ2v) is 6.18. The topological polar surface area (TPSA) is 42.8 Å². The van der Waals surface area contributed by atoms with Crippen LogP contribution in [0.1, 0.15) is 36.3 Å². The summed E-state index contributed by atoms with van der Waals surface area (Å²) in [4.78, 5) is 5.66. The molecule has 0 spiro atoms. The van der Waals surface area contributed by atoms with Gasteiger partial charge < -0.3 is 9.88 Å². The molecule has 0 bridgehead atoms. The van der Waals surface area contributed by atoms with Crippen molar-refractivity contribution in [3.05, 3.63) is 35.5 Å². The molecule has 2 aromatic rings. The van der Waals surface area contributed by atoms with E-state index < -0.39 is 0 Å². The first-order chi connectivity index (χ1) is 9.69. The van der Waals surface area contributed by atoms with E-state index in [9.17, 15) is 0 Å². The van der Waals surface area contributed by atoms with Gasteiger partial charge in [-0.3, -0.25) is 0 Å². The minimum absolute atomic E-state index is 0.625. The summed E-state index contributed by atoms with van der Waals surface area (Å²) < 4.78 is 0. The molecule has 1 aromatic carbocycles. The molecule has 0 radical (unpaired) electrons. The molecular formula is C17H21N3. The molecule has 0 saturated heterocycles. The van der Waals surface area contributed by atoms with E-state index in [1.54, 1.807) is 0 Å². The van der Waals surface area contributed by atoms with Gasteiger partial charge in [0.05, 0.1) is 11.6 Å². The third-order valence-electron chi connectivity index (χ3n) is 4.50. The predicted octanol–water partition coefficient (Wildman–Crippen LogP) is 3.48. The highest BCUT2D eigenvalue weighted by atomic mass is 15.1. The first-order valence-corrected chi connectivity index (χ1v) is 7.35. The summed E-state index contributed by atoms with van der Waals surface area (Å²) in [5.74, 6) is 1.36. The Hall–Kier alpha value is -1.79. The lowest BCUT2D eigenvalue weighted by molar-refractivity contribution is 0.310. The van der Waals surface area contributed by atoms with Gasteiger partial charge in [-0.2, -0.15) is 5.26 Å². The lowest BCUT2D eigenvalue weighted by Crippen LogP contribution is -2.23. The number of rotatable bonds is 3. The third kappa shape index (κ3) is 2.32. The molecule has 0 amide bonds. The second-order valence-electron chi connectivity index (χ2n) is 6.18. The van der Waals surface area contributed by atoms with E-state index in [-0.39, 0.29) is 0 Å². The van der Waals surface area contributed by atoms with Gasteiger partial charge in [-0.15, -0.1) is 0 Å². The van der Waals surface area contributed by atoms with Crippen LogP contribution >= 0.6 is 0 Å². The molecule has 1 aliphatic rings. The van der Waals surface area contributed by atoms with Gasteiger partial charge in [-0.05, 0) is 62.5 Å². The number of fused-ring (bicyclic) bond motifs is 1. The monoisotopic (exact) mass is 267 g/mol. The highest BCUT2D eigenvalue weighted by Gasteiger charge is 2.30. The Morgan fingerprint density at radius 1 is 1.35 bits per heavy atom. The van der Waals surface area contributed by atoms with E-state index in [0.717, 1.165) is 23.5 Å². The van der Waals surface area contributed by atoms with Crippen molar-refractivity contribution in [3.8, 4) is 6.07 Å². The number of nitrogens with one attached hydrogen (secondary N) is 1. The number of H-pyrrole nitrogens is 1. The summed E-state index contributed by atoms with van der Waals surface area (Å²) in [6, 6.07) is 8.19. The molecule has 0 aliphatic heterocycles. The maximum absolute atomic E-state index is 9.09. The van der Waals surface area contributed by atoms with Crippen molar-refractivity contribution >= 4 is 10.9 Å². The Morgan fingerprint density at radius 2 is 2.20 bits per heavy atom. The average Bonchev–Trinajstić information content (AvgIpc) is 3.03. The molecule has 1 N–H and O–H groups in total. The zero-order valence-corrected chi connectivity index (χ0v) is 12.2. The summed E-state index contributed by atoms with van der Waals surface area (Å²) in [5.41, 5.74) is 3.30. The summed E-state index contributed by atoms with van der Waals surface area (Å²) >= 11 is 0. The zero-order chi connectivity index (χ0) is 14.1. The van der Waals surface area contributed by atoms with Crippen molar-refractivity contribution in [2.45, 2.75) is 25.2 Å². The number of nitrogens with zero attached hydrogens (tertiary/aromatic N) is 2. The smallest absolute Gasteiger partial charge is 0.0991 e. The lowest BCUT2D eigenvalue weighted by Gasteiger charge is -2.23. The van der Waals surface area contributed by atoms with Crippen LogP contribution in [0.4, 0.5) is 0 Å². The Balaban J connectivity index is 1.99. The van der Waals surface area contributed by atoms with Crippen LogP contribution in [0.3, 0.4) is 0 Å². The fraction of sp³-hybridized carbons (Fsp3) is 0.471. The van der Waals surface area contributed by atoms with Gasteiger partial charge in [0.15, 0.2) is 0 Å². The molecule has 1 fully saturated rings. The van der Waals surface area contributed by atoms with Gasteiger partial charge in [0.25, 0.3) is 0 Å². The van der Waals surface area contributed by atoms with Crippen molar-refractivity contribution in [2.24, 2.45) is 5.92 Å².